The van der Waals surface area contributed by atoms with E-state index in [1.807, 2.05) is 0 Å². The summed E-state index contributed by atoms with van der Waals surface area (Å²) in [6, 6.07) is 3.35. The van der Waals surface area contributed by atoms with Crippen LogP contribution in [0.1, 0.15) is 5.56 Å². The molecule has 1 aromatic rings. The van der Waals surface area contributed by atoms with Gasteiger partial charge in [-0.05, 0) is 13.0 Å². The number of rotatable bonds is 2. The average Bonchev–Trinajstić information content (AvgIpc) is 2.01. The quantitative estimate of drug-likeness (QED) is 0.252. The van der Waals surface area contributed by atoms with Crippen molar-refractivity contribution in [2.75, 3.05) is 0 Å². The molecule has 1 rings (SSSR count). The van der Waals surface area contributed by atoms with Gasteiger partial charge in [-0.3, -0.25) is 10.1 Å². The van der Waals surface area contributed by atoms with Crippen LogP contribution in [0.25, 0.3) is 0 Å². The second-order valence-electron chi connectivity index (χ2n) is 2.61. The average molecular weight is 239 g/mol. The van der Waals surface area contributed by atoms with Gasteiger partial charge in [0.25, 0.3) is 5.69 Å². The minimum atomic E-state index is -4.64. The Labute approximate surface area is 108 Å². The van der Waals surface area contributed by atoms with Gasteiger partial charge in [-0.25, -0.2) is 8.42 Å². The van der Waals surface area contributed by atoms with E-state index in [-0.39, 0.29) is 40.8 Å². The summed E-state index contributed by atoms with van der Waals surface area (Å²) in [4.78, 5) is 9.13. The third kappa shape index (κ3) is 3.25. The Morgan fingerprint density at radius 2 is 1.87 bits per heavy atom. The van der Waals surface area contributed by atoms with E-state index in [9.17, 15) is 23.1 Å². The van der Waals surface area contributed by atoms with Gasteiger partial charge in [-0.2, -0.15) is 0 Å². The van der Waals surface area contributed by atoms with Crippen molar-refractivity contribution in [2.45, 2.75) is 11.8 Å². The normalized spacial score (nSPS) is 10.5. The predicted octanol–water partition coefficient (Wildman–Crippen LogP) is -2.19. The molecule has 0 unspecified atom stereocenters. The molecule has 15 heavy (non-hydrogen) atoms. The number of hydrogen-bond acceptors (Lipinski definition) is 5. The van der Waals surface area contributed by atoms with Crippen molar-refractivity contribution in [1.29, 1.82) is 0 Å². The number of nitro benzene ring substituents is 1. The molecule has 1 aromatic carbocycles. The maximum Gasteiger partial charge on any atom is 1.00 e. The summed E-state index contributed by atoms with van der Waals surface area (Å²) in [6.07, 6.45) is 0. The van der Waals surface area contributed by atoms with E-state index in [0.717, 1.165) is 18.2 Å². The zero-order valence-corrected chi connectivity index (χ0v) is 10.9. The van der Waals surface area contributed by atoms with Crippen molar-refractivity contribution in [3.8, 4) is 0 Å². The van der Waals surface area contributed by atoms with E-state index in [2.05, 4.69) is 0 Å². The molecule has 0 aromatic heterocycles. The van der Waals surface area contributed by atoms with Crippen LogP contribution in [0.4, 0.5) is 5.69 Å². The van der Waals surface area contributed by atoms with Crippen LogP contribution in [-0.4, -0.2) is 17.9 Å². The summed E-state index contributed by atoms with van der Waals surface area (Å²) in [5, 5.41) is 10.4. The van der Waals surface area contributed by atoms with Crippen molar-refractivity contribution in [2.24, 2.45) is 0 Å². The van der Waals surface area contributed by atoms with Gasteiger partial charge in [0.2, 0.25) is 0 Å². The molecular formula is C7H6NNaO5S. The standard InChI is InChI=1S/C7H7NO5S.Na/c1-5-6(8(9)10)3-2-4-7(5)14(11,12)13;/h2-4H,1H3,(H,11,12,13);/q;+1/p-1. The summed E-state index contributed by atoms with van der Waals surface area (Å²) in [5.41, 5.74) is -0.505. The van der Waals surface area contributed by atoms with E-state index in [4.69, 9.17) is 0 Å². The van der Waals surface area contributed by atoms with E-state index in [0.29, 0.717) is 0 Å². The fraction of sp³-hybridized carbons (Fsp3) is 0.143. The topological polar surface area (TPSA) is 100 Å². The molecule has 76 valence electrons. The minimum Gasteiger partial charge on any atom is -0.744 e. The summed E-state index contributed by atoms with van der Waals surface area (Å²) in [7, 11) is -4.64. The van der Waals surface area contributed by atoms with Crippen LogP contribution in [0.3, 0.4) is 0 Å². The van der Waals surface area contributed by atoms with E-state index >= 15 is 0 Å². The molecule has 0 heterocycles. The zero-order chi connectivity index (χ0) is 10.9. The van der Waals surface area contributed by atoms with Crippen molar-refractivity contribution >= 4 is 15.8 Å². The van der Waals surface area contributed by atoms with Gasteiger partial charge in [0.15, 0.2) is 0 Å². The molecule has 8 heteroatoms. The molecule has 0 amide bonds. The maximum atomic E-state index is 10.7. The molecule has 0 fully saturated rings. The van der Waals surface area contributed by atoms with Gasteiger partial charge >= 0.3 is 29.6 Å². The van der Waals surface area contributed by atoms with Crippen LogP contribution in [-0.2, 0) is 10.1 Å². The number of nitro groups is 1. The summed E-state index contributed by atoms with van der Waals surface area (Å²) in [6.45, 7) is 1.23. The Morgan fingerprint density at radius 3 is 2.27 bits per heavy atom. The Kier molecular flexibility index (Phi) is 4.88. The van der Waals surface area contributed by atoms with Gasteiger partial charge in [-0.15, -0.1) is 0 Å². The maximum absolute atomic E-state index is 10.7. The molecule has 0 radical (unpaired) electrons. The van der Waals surface area contributed by atoms with Crippen LogP contribution < -0.4 is 29.6 Å². The van der Waals surface area contributed by atoms with Crippen molar-refractivity contribution < 1.29 is 47.5 Å². The SMILES string of the molecule is Cc1c([N+](=O)[O-])cccc1S(=O)(=O)[O-].[Na+]. The molecule has 0 bridgehead atoms. The van der Waals surface area contributed by atoms with Gasteiger partial charge < -0.3 is 4.55 Å². The first-order valence-electron chi connectivity index (χ1n) is 3.54. The molecule has 0 atom stereocenters. The van der Waals surface area contributed by atoms with Crippen molar-refractivity contribution in [3.63, 3.8) is 0 Å². The van der Waals surface area contributed by atoms with Crippen LogP contribution in [0, 0.1) is 17.0 Å². The molecule has 6 nitrogen and oxygen atoms in total. The van der Waals surface area contributed by atoms with Crippen molar-refractivity contribution in [3.05, 3.63) is 33.9 Å². The van der Waals surface area contributed by atoms with E-state index in [1.54, 1.807) is 0 Å². The van der Waals surface area contributed by atoms with Crippen LogP contribution >= 0.6 is 0 Å². The molecule has 0 saturated heterocycles. The van der Waals surface area contributed by atoms with E-state index < -0.39 is 19.9 Å². The second-order valence-corrected chi connectivity index (χ2v) is 3.96. The van der Waals surface area contributed by atoms with Gasteiger partial charge in [0.1, 0.15) is 10.1 Å². The van der Waals surface area contributed by atoms with Crippen LogP contribution in [0.2, 0.25) is 0 Å². The second kappa shape index (κ2) is 5.04. The molecule has 0 saturated carbocycles. The van der Waals surface area contributed by atoms with Gasteiger partial charge in [0, 0.05) is 11.6 Å². The minimum absolute atomic E-state index is 0. The van der Waals surface area contributed by atoms with Crippen LogP contribution in [0.15, 0.2) is 23.1 Å². The Bertz CT molecular complexity index is 484. The molecular weight excluding hydrogens is 233 g/mol. The molecule has 0 aliphatic carbocycles. The molecule has 0 aliphatic rings. The molecule has 0 N–H and O–H groups in total. The monoisotopic (exact) mass is 239 g/mol. The van der Waals surface area contributed by atoms with E-state index in [1.165, 1.54) is 6.92 Å². The zero-order valence-electron chi connectivity index (χ0n) is 8.13. The summed E-state index contributed by atoms with van der Waals surface area (Å²) in [5.74, 6) is 0. The summed E-state index contributed by atoms with van der Waals surface area (Å²) >= 11 is 0. The van der Waals surface area contributed by atoms with Gasteiger partial charge in [0.05, 0.1) is 9.82 Å². The Hall–Kier alpha value is -0.470. The summed E-state index contributed by atoms with van der Waals surface area (Å²) < 4.78 is 32.0. The predicted molar refractivity (Wildman–Crippen MR) is 45.8 cm³/mol. The largest absolute Gasteiger partial charge is 1.00 e. The smallest absolute Gasteiger partial charge is 0.744 e. The van der Waals surface area contributed by atoms with Crippen molar-refractivity contribution in [1.82, 2.24) is 0 Å². The first-order valence-corrected chi connectivity index (χ1v) is 4.95. The molecule has 0 spiro atoms. The number of nitrogens with zero attached hydrogens (tertiary/aromatic N) is 1. The third-order valence-corrected chi connectivity index (χ3v) is 2.70. The van der Waals surface area contributed by atoms with Gasteiger partial charge in [-0.1, -0.05) is 6.07 Å². The number of benzene rings is 1. The fourth-order valence-electron chi connectivity index (χ4n) is 1.07. The Balaban J connectivity index is 0.00000196. The Morgan fingerprint density at radius 1 is 1.33 bits per heavy atom. The fourth-order valence-corrected chi connectivity index (χ4v) is 1.80. The first kappa shape index (κ1) is 14.5. The first-order chi connectivity index (χ1) is 6.34. The van der Waals surface area contributed by atoms with Crippen LogP contribution in [0.5, 0.6) is 0 Å². The molecule has 0 aliphatic heterocycles. The number of hydrogen-bond donors (Lipinski definition) is 0. The third-order valence-electron chi connectivity index (χ3n) is 1.72.